The molecule has 2 N–H and O–H groups in total. The monoisotopic (exact) mass is 335 g/mol. The Morgan fingerprint density at radius 3 is 2.62 bits per heavy atom. The number of aliphatic carboxylic acids is 1. The van der Waals surface area contributed by atoms with E-state index in [4.69, 9.17) is 9.47 Å². The number of ether oxygens (including phenoxy) is 2. The Balaban J connectivity index is 1.99. The molecule has 0 aliphatic carbocycles. The molecule has 0 spiro atoms. The Hall–Kier alpha value is -2.08. The van der Waals surface area contributed by atoms with Gasteiger partial charge in [0.2, 0.25) is 0 Å². The third kappa shape index (κ3) is 4.26. The Bertz CT molecular complexity index is 581. The number of carbonyl (C=O) groups is 2. The van der Waals surface area contributed by atoms with Crippen LogP contribution in [0.4, 0.5) is 0 Å². The molecule has 0 saturated carbocycles. The number of benzene rings is 1. The second-order valence-corrected chi connectivity index (χ2v) is 6.18. The molecule has 1 aliphatic heterocycles. The molecule has 1 aliphatic rings. The standard InChI is InChI=1S/C18H25NO5/c1-3-13(2)14-6-4-5-7-15(14)24-12-16(20)19-18(17(21)22)8-10-23-11-9-18/h4-7,13H,3,8-12H2,1-2H3,(H,19,20)(H,21,22). The lowest BCUT2D eigenvalue weighted by Gasteiger charge is -2.33. The molecule has 1 atom stereocenters. The van der Waals surface area contributed by atoms with Gasteiger partial charge >= 0.3 is 5.97 Å². The highest BCUT2D eigenvalue weighted by Crippen LogP contribution is 2.28. The van der Waals surface area contributed by atoms with E-state index in [-0.39, 0.29) is 19.4 Å². The Kier molecular flexibility index (Phi) is 6.20. The van der Waals surface area contributed by atoms with Crippen LogP contribution in [0.15, 0.2) is 24.3 Å². The van der Waals surface area contributed by atoms with Gasteiger partial charge in [0.25, 0.3) is 5.91 Å². The van der Waals surface area contributed by atoms with Crippen LogP contribution in [0.25, 0.3) is 0 Å². The molecule has 1 amide bonds. The first-order valence-electron chi connectivity index (χ1n) is 8.32. The van der Waals surface area contributed by atoms with E-state index < -0.39 is 17.4 Å². The summed E-state index contributed by atoms with van der Waals surface area (Å²) in [6.45, 7) is 4.64. The van der Waals surface area contributed by atoms with Gasteiger partial charge < -0.3 is 19.9 Å². The zero-order valence-corrected chi connectivity index (χ0v) is 14.2. The van der Waals surface area contributed by atoms with Gasteiger partial charge in [0.1, 0.15) is 11.3 Å². The van der Waals surface area contributed by atoms with Gasteiger partial charge in [-0.3, -0.25) is 4.79 Å². The van der Waals surface area contributed by atoms with E-state index in [2.05, 4.69) is 19.2 Å². The third-order valence-corrected chi connectivity index (χ3v) is 4.56. The van der Waals surface area contributed by atoms with Gasteiger partial charge in [-0.05, 0) is 24.0 Å². The predicted molar refractivity (Wildman–Crippen MR) is 89.2 cm³/mol. The number of nitrogens with one attached hydrogen (secondary N) is 1. The first kappa shape index (κ1) is 18.3. The van der Waals surface area contributed by atoms with Gasteiger partial charge in [-0.1, -0.05) is 32.0 Å². The number of hydrogen-bond acceptors (Lipinski definition) is 4. The topological polar surface area (TPSA) is 84.9 Å². The van der Waals surface area contributed by atoms with Crippen molar-refractivity contribution in [3.05, 3.63) is 29.8 Å². The minimum absolute atomic E-state index is 0.205. The van der Waals surface area contributed by atoms with Gasteiger partial charge in [-0.2, -0.15) is 0 Å². The van der Waals surface area contributed by atoms with Crippen LogP contribution in [0.2, 0.25) is 0 Å². The molecule has 2 rings (SSSR count). The molecular weight excluding hydrogens is 310 g/mol. The van der Waals surface area contributed by atoms with Crippen molar-refractivity contribution in [1.29, 1.82) is 0 Å². The lowest BCUT2D eigenvalue weighted by Crippen LogP contribution is -2.58. The fraction of sp³-hybridized carbons (Fsp3) is 0.556. The Morgan fingerprint density at radius 2 is 2.00 bits per heavy atom. The maximum absolute atomic E-state index is 12.2. The molecule has 24 heavy (non-hydrogen) atoms. The van der Waals surface area contributed by atoms with Gasteiger partial charge in [0.05, 0.1) is 0 Å². The van der Waals surface area contributed by atoms with Crippen LogP contribution in [0.3, 0.4) is 0 Å². The molecule has 0 bridgehead atoms. The minimum Gasteiger partial charge on any atom is -0.483 e. The zero-order valence-electron chi connectivity index (χ0n) is 14.2. The average Bonchev–Trinajstić information content (AvgIpc) is 2.60. The summed E-state index contributed by atoms with van der Waals surface area (Å²) in [7, 11) is 0. The number of rotatable bonds is 7. The third-order valence-electron chi connectivity index (χ3n) is 4.56. The zero-order chi connectivity index (χ0) is 17.6. The van der Waals surface area contributed by atoms with Gasteiger partial charge in [0, 0.05) is 26.1 Å². The van der Waals surface area contributed by atoms with Crippen molar-refractivity contribution in [2.45, 2.75) is 44.6 Å². The highest BCUT2D eigenvalue weighted by Gasteiger charge is 2.41. The summed E-state index contributed by atoms with van der Waals surface area (Å²) in [6, 6.07) is 7.61. The number of para-hydroxylation sites is 1. The predicted octanol–water partition coefficient (Wildman–Crippen LogP) is 2.33. The Morgan fingerprint density at radius 1 is 1.33 bits per heavy atom. The first-order valence-corrected chi connectivity index (χ1v) is 8.32. The van der Waals surface area contributed by atoms with Crippen molar-refractivity contribution in [2.24, 2.45) is 0 Å². The summed E-state index contributed by atoms with van der Waals surface area (Å²) in [5.74, 6) is -0.471. The summed E-state index contributed by atoms with van der Waals surface area (Å²) < 4.78 is 10.8. The highest BCUT2D eigenvalue weighted by atomic mass is 16.5. The van der Waals surface area contributed by atoms with Gasteiger partial charge in [-0.15, -0.1) is 0 Å². The molecule has 6 nitrogen and oxygen atoms in total. The van der Waals surface area contributed by atoms with Crippen LogP contribution >= 0.6 is 0 Å². The largest absolute Gasteiger partial charge is 0.483 e. The molecule has 6 heteroatoms. The molecular formula is C18H25NO5. The van der Waals surface area contributed by atoms with Gasteiger partial charge in [-0.25, -0.2) is 4.79 Å². The van der Waals surface area contributed by atoms with Gasteiger partial charge in [0.15, 0.2) is 6.61 Å². The van der Waals surface area contributed by atoms with Crippen LogP contribution < -0.4 is 10.1 Å². The normalized spacial score (nSPS) is 17.8. The summed E-state index contributed by atoms with van der Waals surface area (Å²) in [5.41, 5.74) is -0.207. The van der Waals surface area contributed by atoms with E-state index in [0.29, 0.717) is 24.9 Å². The maximum atomic E-state index is 12.2. The fourth-order valence-electron chi connectivity index (χ4n) is 2.80. The summed E-state index contributed by atoms with van der Waals surface area (Å²) in [6.07, 6.45) is 1.49. The second-order valence-electron chi connectivity index (χ2n) is 6.18. The van der Waals surface area contributed by atoms with E-state index in [1.807, 2.05) is 24.3 Å². The van der Waals surface area contributed by atoms with E-state index in [0.717, 1.165) is 12.0 Å². The highest BCUT2D eigenvalue weighted by molar-refractivity contribution is 5.87. The van der Waals surface area contributed by atoms with Crippen LogP contribution in [0, 0.1) is 0 Å². The number of carboxylic acid groups (broad SMARTS) is 1. The smallest absolute Gasteiger partial charge is 0.329 e. The molecule has 1 fully saturated rings. The molecule has 0 radical (unpaired) electrons. The number of carbonyl (C=O) groups excluding carboxylic acids is 1. The van der Waals surface area contributed by atoms with Crippen LogP contribution in [-0.2, 0) is 14.3 Å². The van der Waals surface area contributed by atoms with E-state index >= 15 is 0 Å². The SMILES string of the molecule is CCC(C)c1ccccc1OCC(=O)NC1(C(=O)O)CCOCC1. The van der Waals surface area contributed by atoms with E-state index in [1.54, 1.807) is 0 Å². The summed E-state index contributed by atoms with van der Waals surface area (Å²) >= 11 is 0. The quantitative estimate of drug-likeness (QED) is 0.799. The van der Waals surface area contributed by atoms with Crippen LogP contribution in [0.1, 0.15) is 44.6 Å². The van der Waals surface area contributed by atoms with Crippen molar-refractivity contribution >= 4 is 11.9 Å². The van der Waals surface area contributed by atoms with E-state index in [9.17, 15) is 14.7 Å². The van der Waals surface area contributed by atoms with Crippen LogP contribution in [0.5, 0.6) is 5.75 Å². The lowest BCUT2D eigenvalue weighted by molar-refractivity contribution is -0.152. The lowest BCUT2D eigenvalue weighted by atomic mass is 9.90. The molecule has 1 aromatic carbocycles. The van der Waals surface area contributed by atoms with Crippen molar-refractivity contribution in [2.75, 3.05) is 19.8 Å². The second kappa shape index (κ2) is 8.15. The molecule has 1 saturated heterocycles. The maximum Gasteiger partial charge on any atom is 0.329 e. The summed E-state index contributed by atoms with van der Waals surface area (Å²) in [4.78, 5) is 23.8. The first-order chi connectivity index (χ1) is 11.5. The van der Waals surface area contributed by atoms with Crippen molar-refractivity contribution in [3.63, 3.8) is 0 Å². The Labute approximate surface area is 142 Å². The fourth-order valence-corrected chi connectivity index (χ4v) is 2.80. The van der Waals surface area contributed by atoms with E-state index in [1.165, 1.54) is 0 Å². The summed E-state index contributed by atoms with van der Waals surface area (Å²) in [5, 5.41) is 12.1. The molecule has 1 unspecified atom stereocenters. The van der Waals surface area contributed by atoms with Crippen molar-refractivity contribution < 1.29 is 24.2 Å². The molecule has 132 valence electrons. The molecule has 0 aromatic heterocycles. The van der Waals surface area contributed by atoms with Crippen molar-refractivity contribution in [3.8, 4) is 5.75 Å². The van der Waals surface area contributed by atoms with Crippen LogP contribution in [-0.4, -0.2) is 42.3 Å². The molecule has 1 aromatic rings. The minimum atomic E-state index is -1.26. The van der Waals surface area contributed by atoms with Crippen molar-refractivity contribution in [1.82, 2.24) is 5.32 Å². The average molecular weight is 335 g/mol. The number of hydrogen-bond donors (Lipinski definition) is 2. The molecule has 1 heterocycles. The number of amides is 1. The number of carboxylic acids is 1.